The number of hydrogen-bond acceptors (Lipinski definition) is 4. The fourth-order valence-corrected chi connectivity index (χ4v) is 4.13. The van der Waals surface area contributed by atoms with E-state index in [-0.39, 0.29) is 10.9 Å². The van der Waals surface area contributed by atoms with Gasteiger partial charge in [0, 0.05) is 25.7 Å². The molecule has 1 aliphatic rings. The number of sulfonamides is 1. The summed E-state index contributed by atoms with van der Waals surface area (Å²) in [5, 5.41) is 3.25. The SMILES string of the molecule is COc1cc(C)c(C)cc1S(=O)(=O)N1CCNC(C)C1. The zero-order chi connectivity index (χ0) is 14.9. The molecule has 1 heterocycles. The van der Waals surface area contributed by atoms with Crippen molar-refractivity contribution in [2.45, 2.75) is 31.7 Å². The van der Waals surface area contributed by atoms with Crippen molar-refractivity contribution >= 4 is 10.0 Å². The lowest BCUT2D eigenvalue weighted by atomic mass is 10.1. The molecule has 1 atom stereocenters. The number of piperazine rings is 1. The highest BCUT2D eigenvalue weighted by Gasteiger charge is 2.31. The molecule has 0 bridgehead atoms. The van der Waals surface area contributed by atoms with Gasteiger partial charge >= 0.3 is 0 Å². The van der Waals surface area contributed by atoms with Gasteiger partial charge in [-0.05, 0) is 44.0 Å². The Hall–Kier alpha value is -1.11. The number of rotatable bonds is 3. The third-order valence-corrected chi connectivity index (χ3v) is 5.62. The number of benzene rings is 1. The van der Waals surface area contributed by atoms with Gasteiger partial charge in [0.15, 0.2) is 0 Å². The Morgan fingerprint density at radius 3 is 2.55 bits per heavy atom. The molecule has 0 aliphatic carbocycles. The lowest BCUT2D eigenvalue weighted by Crippen LogP contribution is -2.51. The zero-order valence-electron chi connectivity index (χ0n) is 12.4. The summed E-state index contributed by atoms with van der Waals surface area (Å²) in [5.41, 5.74) is 1.97. The number of ether oxygens (including phenoxy) is 1. The minimum Gasteiger partial charge on any atom is -0.495 e. The number of hydrogen-bond donors (Lipinski definition) is 1. The van der Waals surface area contributed by atoms with Crippen LogP contribution in [-0.2, 0) is 10.0 Å². The first-order valence-corrected chi connectivity index (χ1v) is 8.19. The van der Waals surface area contributed by atoms with Crippen molar-refractivity contribution < 1.29 is 13.2 Å². The number of nitrogens with one attached hydrogen (secondary N) is 1. The van der Waals surface area contributed by atoms with Crippen LogP contribution in [0.2, 0.25) is 0 Å². The summed E-state index contributed by atoms with van der Waals surface area (Å²) in [5.74, 6) is 0.416. The van der Waals surface area contributed by atoms with E-state index in [1.54, 1.807) is 12.1 Å². The molecule has 0 radical (unpaired) electrons. The van der Waals surface area contributed by atoms with Gasteiger partial charge in [0.05, 0.1) is 7.11 Å². The Balaban J connectivity index is 2.46. The average molecular weight is 298 g/mol. The van der Waals surface area contributed by atoms with Gasteiger partial charge in [0.1, 0.15) is 10.6 Å². The monoisotopic (exact) mass is 298 g/mol. The highest BCUT2D eigenvalue weighted by Crippen LogP contribution is 2.30. The van der Waals surface area contributed by atoms with E-state index in [2.05, 4.69) is 5.32 Å². The molecule has 20 heavy (non-hydrogen) atoms. The van der Waals surface area contributed by atoms with Gasteiger partial charge in [-0.25, -0.2) is 8.42 Å². The third-order valence-electron chi connectivity index (χ3n) is 3.73. The maximum atomic E-state index is 12.8. The van der Waals surface area contributed by atoms with Crippen LogP contribution in [0.5, 0.6) is 5.75 Å². The predicted molar refractivity (Wildman–Crippen MR) is 78.7 cm³/mol. The van der Waals surface area contributed by atoms with Gasteiger partial charge in [0.25, 0.3) is 0 Å². The van der Waals surface area contributed by atoms with Crippen LogP contribution in [0.4, 0.5) is 0 Å². The van der Waals surface area contributed by atoms with E-state index in [0.29, 0.717) is 25.4 Å². The molecule has 2 rings (SSSR count). The second kappa shape index (κ2) is 5.71. The van der Waals surface area contributed by atoms with Crippen LogP contribution in [0.25, 0.3) is 0 Å². The molecule has 0 saturated carbocycles. The second-order valence-corrected chi connectivity index (χ2v) is 7.21. The summed E-state index contributed by atoms with van der Waals surface area (Å²) in [4.78, 5) is 0.261. The number of methoxy groups -OCH3 is 1. The molecule has 1 aliphatic heterocycles. The molecule has 1 N–H and O–H groups in total. The van der Waals surface area contributed by atoms with Crippen LogP contribution >= 0.6 is 0 Å². The molecule has 0 amide bonds. The van der Waals surface area contributed by atoms with Gasteiger partial charge in [-0.2, -0.15) is 4.31 Å². The van der Waals surface area contributed by atoms with Crippen molar-refractivity contribution in [1.82, 2.24) is 9.62 Å². The molecule has 1 unspecified atom stereocenters. The lowest BCUT2D eigenvalue weighted by molar-refractivity contribution is 0.308. The Labute approximate surface area is 121 Å². The average Bonchev–Trinajstić information content (AvgIpc) is 2.41. The molecule has 1 aromatic rings. The van der Waals surface area contributed by atoms with Gasteiger partial charge in [-0.15, -0.1) is 0 Å². The van der Waals surface area contributed by atoms with Crippen LogP contribution in [0.15, 0.2) is 17.0 Å². The molecule has 6 heteroatoms. The third kappa shape index (κ3) is 2.82. The minimum absolute atomic E-state index is 0.163. The van der Waals surface area contributed by atoms with Crippen LogP contribution < -0.4 is 10.1 Å². The predicted octanol–water partition coefficient (Wildman–Crippen LogP) is 1.29. The highest BCUT2D eigenvalue weighted by atomic mass is 32.2. The first-order valence-electron chi connectivity index (χ1n) is 6.75. The number of nitrogens with zero attached hydrogens (tertiary/aromatic N) is 1. The molecule has 0 aromatic heterocycles. The second-order valence-electron chi connectivity index (χ2n) is 5.31. The van der Waals surface area contributed by atoms with Gasteiger partial charge in [0.2, 0.25) is 10.0 Å². The fraction of sp³-hybridized carbons (Fsp3) is 0.571. The molecule has 0 spiro atoms. The maximum absolute atomic E-state index is 12.8. The number of aryl methyl sites for hydroxylation is 2. The molecule has 1 aromatic carbocycles. The van der Waals surface area contributed by atoms with Gasteiger partial charge in [-0.1, -0.05) is 0 Å². The summed E-state index contributed by atoms with van der Waals surface area (Å²) < 4.78 is 32.4. The van der Waals surface area contributed by atoms with Crippen molar-refractivity contribution in [1.29, 1.82) is 0 Å². The maximum Gasteiger partial charge on any atom is 0.246 e. The first kappa shape index (κ1) is 15.3. The van der Waals surface area contributed by atoms with Crippen LogP contribution in [0, 0.1) is 13.8 Å². The van der Waals surface area contributed by atoms with Crippen LogP contribution in [0.1, 0.15) is 18.1 Å². The van der Waals surface area contributed by atoms with Crippen molar-refractivity contribution in [3.8, 4) is 5.75 Å². The van der Waals surface area contributed by atoms with Crippen LogP contribution in [0.3, 0.4) is 0 Å². The van der Waals surface area contributed by atoms with Crippen molar-refractivity contribution in [2.75, 3.05) is 26.7 Å². The topological polar surface area (TPSA) is 58.6 Å². The molecular weight excluding hydrogens is 276 g/mol. The standard InChI is InChI=1S/C14H22N2O3S/c1-10-7-13(19-4)14(8-11(10)2)20(17,18)16-6-5-15-12(3)9-16/h7-8,12,15H,5-6,9H2,1-4H3. The van der Waals surface area contributed by atoms with Crippen molar-refractivity contribution in [2.24, 2.45) is 0 Å². The van der Waals surface area contributed by atoms with E-state index < -0.39 is 10.0 Å². The molecule has 1 saturated heterocycles. The molecule has 1 fully saturated rings. The van der Waals surface area contributed by atoms with E-state index in [1.807, 2.05) is 20.8 Å². The Kier molecular flexibility index (Phi) is 4.36. The summed E-state index contributed by atoms with van der Waals surface area (Å²) in [7, 11) is -2.01. The Bertz CT molecular complexity index is 599. The normalized spacial score (nSPS) is 20.9. The summed E-state index contributed by atoms with van der Waals surface area (Å²) in [6.45, 7) is 7.49. The van der Waals surface area contributed by atoms with E-state index in [4.69, 9.17) is 4.74 Å². The first-order chi connectivity index (χ1) is 9.36. The summed E-state index contributed by atoms with van der Waals surface area (Å²) in [6, 6.07) is 3.65. The highest BCUT2D eigenvalue weighted by molar-refractivity contribution is 7.89. The summed E-state index contributed by atoms with van der Waals surface area (Å²) in [6.07, 6.45) is 0. The van der Waals surface area contributed by atoms with Crippen molar-refractivity contribution in [3.63, 3.8) is 0 Å². The Morgan fingerprint density at radius 2 is 1.95 bits per heavy atom. The largest absolute Gasteiger partial charge is 0.495 e. The van der Waals surface area contributed by atoms with Gasteiger partial charge < -0.3 is 10.1 Å². The molecular formula is C14H22N2O3S. The minimum atomic E-state index is -3.51. The fourth-order valence-electron chi connectivity index (χ4n) is 2.38. The van der Waals surface area contributed by atoms with E-state index >= 15 is 0 Å². The zero-order valence-corrected chi connectivity index (χ0v) is 13.3. The molecule has 112 valence electrons. The van der Waals surface area contributed by atoms with E-state index in [1.165, 1.54) is 11.4 Å². The van der Waals surface area contributed by atoms with Gasteiger partial charge in [-0.3, -0.25) is 0 Å². The Morgan fingerprint density at radius 1 is 1.30 bits per heavy atom. The van der Waals surface area contributed by atoms with E-state index in [0.717, 1.165) is 11.1 Å². The van der Waals surface area contributed by atoms with Crippen LogP contribution in [-0.4, -0.2) is 45.5 Å². The quantitative estimate of drug-likeness (QED) is 0.913. The lowest BCUT2D eigenvalue weighted by Gasteiger charge is -2.31. The van der Waals surface area contributed by atoms with E-state index in [9.17, 15) is 8.42 Å². The smallest absolute Gasteiger partial charge is 0.246 e. The molecule has 5 nitrogen and oxygen atoms in total. The van der Waals surface area contributed by atoms with Crippen molar-refractivity contribution in [3.05, 3.63) is 23.3 Å². The summed E-state index contributed by atoms with van der Waals surface area (Å²) >= 11 is 0.